The van der Waals surface area contributed by atoms with E-state index in [1.54, 1.807) is 0 Å². The quantitative estimate of drug-likeness (QED) is 0.489. The van der Waals surface area contributed by atoms with Crippen molar-refractivity contribution in [2.24, 2.45) is 11.3 Å². The Bertz CT molecular complexity index is 208. The van der Waals surface area contributed by atoms with Crippen LogP contribution in [-0.4, -0.2) is 25.0 Å². The Morgan fingerprint density at radius 2 is 1.39 bits per heavy atom. The SMILES string of the molecule is CCCCCCC(C)(CCCCC)C1CN(C)C1. The van der Waals surface area contributed by atoms with Crippen LogP contribution in [0.2, 0.25) is 0 Å². The highest BCUT2D eigenvalue weighted by Crippen LogP contribution is 2.42. The molecule has 1 aliphatic heterocycles. The lowest BCUT2D eigenvalue weighted by atomic mass is 9.67. The summed E-state index contributed by atoms with van der Waals surface area (Å²) < 4.78 is 0. The third-order valence-electron chi connectivity index (χ3n) is 5.00. The van der Waals surface area contributed by atoms with Crippen molar-refractivity contribution < 1.29 is 0 Å². The first-order valence-corrected chi connectivity index (χ1v) is 8.31. The van der Waals surface area contributed by atoms with Gasteiger partial charge in [-0.1, -0.05) is 65.7 Å². The van der Waals surface area contributed by atoms with Crippen LogP contribution < -0.4 is 0 Å². The molecule has 0 aromatic carbocycles. The molecule has 1 heterocycles. The van der Waals surface area contributed by atoms with Crippen LogP contribution in [0.15, 0.2) is 0 Å². The van der Waals surface area contributed by atoms with Gasteiger partial charge in [0.25, 0.3) is 0 Å². The molecule has 1 aliphatic rings. The van der Waals surface area contributed by atoms with Crippen LogP contribution in [0.25, 0.3) is 0 Å². The third-order valence-corrected chi connectivity index (χ3v) is 5.00. The number of unbranched alkanes of at least 4 members (excludes halogenated alkanes) is 5. The molecule has 1 saturated heterocycles. The van der Waals surface area contributed by atoms with E-state index in [9.17, 15) is 0 Å². The van der Waals surface area contributed by atoms with Crippen LogP contribution in [0.1, 0.15) is 78.6 Å². The van der Waals surface area contributed by atoms with Crippen molar-refractivity contribution in [3.05, 3.63) is 0 Å². The Morgan fingerprint density at radius 3 is 1.89 bits per heavy atom. The van der Waals surface area contributed by atoms with Gasteiger partial charge in [-0.05, 0) is 31.2 Å². The molecule has 0 saturated carbocycles. The lowest BCUT2D eigenvalue weighted by Gasteiger charge is -2.48. The first kappa shape index (κ1) is 16.0. The summed E-state index contributed by atoms with van der Waals surface area (Å²) in [5, 5.41) is 0. The van der Waals surface area contributed by atoms with Crippen LogP contribution in [0.3, 0.4) is 0 Å². The van der Waals surface area contributed by atoms with Gasteiger partial charge in [-0.3, -0.25) is 0 Å². The van der Waals surface area contributed by atoms with E-state index in [4.69, 9.17) is 0 Å². The summed E-state index contributed by atoms with van der Waals surface area (Å²) in [5.74, 6) is 0.973. The van der Waals surface area contributed by atoms with E-state index in [2.05, 4.69) is 32.7 Å². The molecule has 1 rings (SSSR count). The number of rotatable bonds is 10. The van der Waals surface area contributed by atoms with Crippen molar-refractivity contribution >= 4 is 0 Å². The molecule has 0 aliphatic carbocycles. The number of likely N-dealkylation sites (tertiary alicyclic amines) is 1. The zero-order valence-electron chi connectivity index (χ0n) is 13.3. The van der Waals surface area contributed by atoms with Gasteiger partial charge in [0.2, 0.25) is 0 Å². The molecule has 0 N–H and O–H groups in total. The molecule has 1 nitrogen and oxygen atoms in total. The summed E-state index contributed by atoms with van der Waals surface area (Å²) in [6.45, 7) is 9.89. The second-order valence-electron chi connectivity index (χ2n) is 6.84. The minimum atomic E-state index is 0.634. The number of hydrogen-bond acceptors (Lipinski definition) is 1. The van der Waals surface area contributed by atoms with E-state index in [0.29, 0.717) is 5.41 Å². The molecule has 108 valence electrons. The fourth-order valence-corrected chi connectivity index (χ4v) is 3.41. The third kappa shape index (κ3) is 4.91. The maximum Gasteiger partial charge on any atom is 0.00242 e. The normalized spacial score (nSPS) is 20.7. The van der Waals surface area contributed by atoms with E-state index in [0.717, 1.165) is 5.92 Å². The summed E-state index contributed by atoms with van der Waals surface area (Å²) in [5.41, 5.74) is 0.634. The Labute approximate surface area is 115 Å². The molecule has 0 spiro atoms. The predicted molar refractivity (Wildman–Crippen MR) is 82.0 cm³/mol. The van der Waals surface area contributed by atoms with Crippen molar-refractivity contribution in [1.29, 1.82) is 0 Å². The second kappa shape index (κ2) is 8.19. The van der Waals surface area contributed by atoms with E-state index in [1.807, 2.05) is 0 Å². The fraction of sp³-hybridized carbons (Fsp3) is 1.00. The minimum absolute atomic E-state index is 0.634. The van der Waals surface area contributed by atoms with E-state index in [1.165, 1.54) is 70.9 Å². The zero-order chi connectivity index (χ0) is 13.4. The molecule has 0 aromatic heterocycles. The Kier molecular flexibility index (Phi) is 7.29. The van der Waals surface area contributed by atoms with Gasteiger partial charge in [0, 0.05) is 13.1 Å². The van der Waals surface area contributed by atoms with Gasteiger partial charge in [-0.15, -0.1) is 0 Å². The van der Waals surface area contributed by atoms with E-state index in [-0.39, 0.29) is 0 Å². The van der Waals surface area contributed by atoms with Gasteiger partial charge in [-0.2, -0.15) is 0 Å². The maximum absolute atomic E-state index is 2.58. The van der Waals surface area contributed by atoms with Crippen LogP contribution in [0, 0.1) is 11.3 Å². The highest BCUT2D eigenvalue weighted by Gasteiger charge is 2.39. The molecular weight excluding hydrogens is 218 g/mol. The van der Waals surface area contributed by atoms with Crippen LogP contribution in [0.4, 0.5) is 0 Å². The summed E-state index contributed by atoms with van der Waals surface area (Å²) in [7, 11) is 2.26. The molecular formula is C17H35N. The molecule has 0 radical (unpaired) electrons. The van der Waals surface area contributed by atoms with Crippen molar-refractivity contribution in [3.63, 3.8) is 0 Å². The van der Waals surface area contributed by atoms with Crippen molar-refractivity contribution in [1.82, 2.24) is 4.90 Å². The number of hydrogen-bond donors (Lipinski definition) is 0. The Morgan fingerprint density at radius 1 is 0.889 bits per heavy atom. The molecule has 1 fully saturated rings. The molecule has 1 atom stereocenters. The van der Waals surface area contributed by atoms with Crippen molar-refractivity contribution in [2.75, 3.05) is 20.1 Å². The van der Waals surface area contributed by atoms with Gasteiger partial charge in [-0.25, -0.2) is 0 Å². The number of nitrogens with zero attached hydrogens (tertiary/aromatic N) is 1. The van der Waals surface area contributed by atoms with Gasteiger partial charge in [0.1, 0.15) is 0 Å². The molecule has 1 heteroatoms. The highest BCUT2D eigenvalue weighted by atomic mass is 15.2. The first-order chi connectivity index (χ1) is 8.62. The van der Waals surface area contributed by atoms with Crippen molar-refractivity contribution in [3.8, 4) is 0 Å². The van der Waals surface area contributed by atoms with Gasteiger partial charge in [0.15, 0.2) is 0 Å². The Hall–Kier alpha value is -0.0400. The summed E-state index contributed by atoms with van der Waals surface area (Å²) >= 11 is 0. The molecule has 0 aromatic rings. The van der Waals surface area contributed by atoms with E-state index >= 15 is 0 Å². The van der Waals surface area contributed by atoms with Gasteiger partial charge >= 0.3 is 0 Å². The lowest BCUT2D eigenvalue weighted by Crippen LogP contribution is -2.51. The van der Waals surface area contributed by atoms with Crippen molar-refractivity contribution in [2.45, 2.75) is 78.6 Å². The Balaban J connectivity index is 2.35. The smallest absolute Gasteiger partial charge is 0.00242 e. The first-order valence-electron chi connectivity index (χ1n) is 8.31. The van der Waals surface area contributed by atoms with Crippen LogP contribution in [-0.2, 0) is 0 Å². The topological polar surface area (TPSA) is 3.24 Å². The zero-order valence-corrected chi connectivity index (χ0v) is 13.3. The van der Waals surface area contributed by atoms with Gasteiger partial charge in [0.05, 0.1) is 0 Å². The second-order valence-corrected chi connectivity index (χ2v) is 6.84. The molecule has 0 amide bonds. The standard InChI is InChI=1S/C17H35N/c1-5-7-9-11-13-17(3,12-10-8-6-2)16-14-18(4)15-16/h16H,5-15H2,1-4H3. The summed E-state index contributed by atoms with van der Waals surface area (Å²) in [6, 6.07) is 0. The average Bonchev–Trinajstić information content (AvgIpc) is 2.31. The maximum atomic E-state index is 2.58. The fourth-order valence-electron chi connectivity index (χ4n) is 3.41. The highest BCUT2D eigenvalue weighted by molar-refractivity contribution is 4.91. The molecule has 0 bridgehead atoms. The largest absolute Gasteiger partial charge is 0.306 e. The monoisotopic (exact) mass is 253 g/mol. The summed E-state index contributed by atoms with van der Waals surface area (Å²) in [6.07, 6.45) is 12.8. The minimum Gasteiger partial charge on any atom is -0.306 e. The van der Waals surface area contributed by atoms with Gasteiger partial charge < -0.3 is 4.90 Å². The van der Waals surface area contributed by atoms with Crippen LogP contribution in [0.5, 0.6) is 0 Å². The molecule has 18 heavy (non-hydrogen) atoms. The van der Waals surface area contributed by atoms with Crippen LogP contribution >= 0.6 is 0 Å². The summed E-state index contributed by atoms with van der Waals surface area (Å²) in [4.78, 5) is 2.48. The average molecular weight is 253 g/mol. The molecule has 1 unspecified atom stereocenters. The lowest BCUT2D eigenvalue weighted by molar-refractivity contribution is 0.00901. The predicted octanol–water partition coefficient (Wildman–Crippen LogP) is 5.11. The van der Waals surface area contributed by atoms with E-state index < -0.39 is 0 Å².